The van der Waals surface area contributed by atoms with Crippen LogP contribution in [0, 0.1) is 12.7 Å². The summed E-state index contributed by atoms with van der Waals surface area (Å²) in [7, 11) is 0. The fraction of sp³-hybridized carbons (Fsp3) is 0.235. The smallest absolute Gasteiger partial charge is 0.223 e. The van der Waals surface area contributed by atoms with Crippen molar-refractivity contribution >= 4 is 5.91 Å². The third-order valence-electron chi connectivity index (χ3n) is 3.02. The minimum Gasteiger partial charge on any atom is -0.493 e. The fourth-order valence-corrected chi connectivity index (χ4v) is 1.79. The van der Waals surface area contributed by atoms with Crippen molar-refractivity contribution in [1.29, 1.82) is 0 Å². The average Bonchev–Trinajstić information content (AvgIpc) is 2.49. The first-order valence-electron chi connectivity index (χ1n) is 6.84. The lowest BCUT2D eigenvalue weighted by Crippen LogP contribution is -2.24. The summed E-state index contributed by atoms with van der Waals surface area (Å²) < 4.78 is 18.2. The van der Waals surface area contributed by atoms with E-state index in [1.165, 1.54) is 17.7 Å². The highest BCUT2D eigenvalue weighted by Gasteiger charge is 2.02. The van der Waals surface area contributed by atoms with Crippen LogP contribution >= 0.6 is 0 Å². The molecule has 0 radical (unpaired) electrons. The lowest BCUT2D eigenvalue weighted by molar-refractivity contribution is -0.121. The molecule has 110 valence electrons. The molecule has 0 unspecified atom stereocenters. The van der Waals surface area contributed by atoms with E-state index in [9.17, 15) is 9.18 Å². The van der Waals surface area contributed by atoms with Crippen molar-refractivity contribution in [2.45, 2.75) is 19.9 Å². The molecule has 2 aromatic carbocycles. The zero-order valence-electron chi connectivity index (χ0n) is 11.9. The van der Waals surface area contributed by atoms with Crippen LogP contribution in [0.1, 0.15) is 17.5 Å². The summed E-state index contributed by atoms with van der Waals surface area (Å²) in [5.41, 5.74) is 2.03. The Morgan fingerprint density at radius 1 is 1.10 bits per heavy atom. The zero-order chi connectivity index (χ0) is 15.1. The number of nitrogens with one attached hydrogen (secondary N) is 1. The van der Waals surface area contributed by atoms with Crippen LogP contribution < -0.4 is 10.1 Å². The van der Waals surface area contributed by atoms with Gasteiger partial charge in [-0.15, -0.1) is 0 Å². The van der Waals surface area contributed by atoms with Crippen molar-refractivity contribution in [3.05, 3.63) is 65.5 Å². The first-order valence-corrected chi connectivity index (χ1v) is 6.84. The van der Waals surface area contributed by atoms with Gasteiger partial charge in [0, 0.05) is 6.54 Å². The number of carbonyl (C=O) groups excluding carboxylic acids is 1. The molecule has 1 amide bonds. The standard InChI is InChI=1S/C17H18FNO2/c1-13-2-8-16(9-3-13)21-11-10-17(20)19-12-14-4-6-15(18)7-5-14/h2-9H,10-12H2,1H3,(H,19,20). The second-order valence-corrected chi connectivity index (χ2v) is 4.81. The summed E-state index contributed by atoms with van der Waals surface area (Å²) in [5.74, 6) is 0.384. The predicted octanol–water partition coefficient (Wildman–Crippen LogP) is 3.22. The highest BCUT2D eigenvalue weighted by Crippen LogP contribution is 2.11. The molecule has 0 saturated heterocycles. The monoisotopic (exact) mass is 287 g/mol. The number of amides is 1. The molecule has 0 saturated carbocycles. The van der Waals surface area contributed by atoms with Crippen LogP contribution in [0.3, 0.4) is 0 Å². The number of hydrogen-bond acceptors (Lipinski definition) is 2. The highest BCUT2D eigenvalue weighted by molar-refractivity contribution is 5.75. The quantitative estimate of drug-likeness (QED) is 0.886. The van der Waals surface area contributed by atoms with E-state index < -0.39 is 0 Å². The van der Waals surface area contributed by atoms with Gasteiger partial charge in [0.2, 0.25) is 5.91 Å². The third kappa shape index (κ3) is 5.26. The summed E-state index contributed by atoms with van der Waals surface area (Å²) in [6.07, 6.45) is 0.287. The van der Waals surface area contributed by atoms with Crippen molar-refractivity contribution in [3.63, 3.8) is 0 Å². The maximum Gasteiger partial charge on any atom is 0.223 e. The summed E-state index contributed by atoms with van der Waals surface area (Å²) in [6.45, 7) is 2.73. The van der Waals surface area contributed by atoms with Crippen molar-refractivity contribution in [2.24, 2.45) is 0 Å². The van der Waals surface area contributed by atoms with E-state index >= 15 is 0 Å². The van der Waals surface area contributed by atoms with E-state index in [1.54, 1.807) is 12.1 Å². The van der Waals surface area contributed by atoms with E-state index in [2.05, 4.69) is 5.32 Å². The normalized spacial score (nSPS) is 10.2. The molecule has 0 aromatic heterocycles. The van der Waals surface area contributed by atoms with Crippen molar-refractivity contribution in [2.75, 3.05) is 6.61 Å². The van der Waals surface area contributed by atoms with Gasteiger partial charge in [-0.25, -0.2) is 4.39 Å². The topological polar surface area (TPSA) is 38.3 Å². The maximum absolute atomic E-state index is 12.7. The molecule has 4 heteroatoms. The van der Waals surface area contributed by atoms with Crippen LogP contribution in [-0.4, -0.2) is 12.5 Å². The molecule has 0 aliphatic heterocycles. The molecule has 21 heavy (non-hydrogen) atoms. The lowest BCUT2D eigenvalue weighted by atomic mass is 10.2. The molecule has 0 heterocycles. The van der Waals surface area contributed by atoms with Gasteiger partial charge in [0.1, 0.15) is 11.6 Å². The molecule has 0 bridgehead atoms. The minimum absolute atomic E-state index is 0.0913. The Morgan fingerprint density at radius 3 is 2.43 bits per heavy atom. The first-order chi connectivity index (χ1) is 10.1. The molecular weight excluding hydrogens is 269 g/mol. The van der Waals surface area contributed by atoms with E-state index in [0.717, 1.165) is 11.3 Å². The minimum atomic E-state index is -0.281. The number of benzene rings is 2. The Morgan fingerprint density at radius 2 is 1.76 bits per heavy atom. The summed E-state index contributed by atoms with van der Waals surface area (Å²) >= 11 is 0. The maximum atomic E-state index is 12.7. The van der Waals surface area contributed by atoms with E-state index in [0.29, 0.717) is 13.2 Å². The second-order valence-electron chi connectivity index (χ2n) is 4.81. The molecular formula is C17H18FNO2. The van der Waals surface area contributed by atoms with Crippen LogP contribution in [0.5, 0.6) is 5.75 Å². The Balaban J connectivity index is 1.67. The van der Waals surface area contributed by atoms with Gasteiger partial charge in [-0.1, -0.05) is 29.8 Å². The van der Waals surface area contributed by atoms with Gasteiger partial charge in [-0.2, -0.15) is 0 Å². The SMILES string of the molecule is Cc1ccc(OCCC(=O)NCc2ccc(F)cc2)cc1. The van der Waals surface area contributed by atoms with Gasteiger partial charge >= 0.3 is 0 Å². The molecule has 2 aromatic rings. The molecule has 1 N–H and O–H groups in total. The third-order valence-corrected chi connectivity index (χ3v) is 3.02. The summed E-state index contributed by atoms with van der Waals surface area (Å²) in [6, 6.07) is 13.7. The molecule has 3 nitrogen and oxygen atoms in total. The van der Waals surface area contributed by atoms with Crippen LogP contribution in [0.4, 0.5) is 4.39 Å². The Hall–Kier alpha value is -2.36. The van der Waals surface area contributed by atoms with Gasteiger partial charge in [0.05, 0.1) is 13.0 Å². The molecule has 0 aliphatic rings. The molecule has 2 rings (SSSR count). The largest absolute Gasteiger partial charge is 0.493 e. The molecule has 0 spiro atoms. The number of hydrogen-bond donors (Lipinski definition) is 1. The van der Waals surface area contributed by atoms with Crippen LogP contribution in [0.15, 0.2) is 48.5 Å². The van der Waals surface area contributed by atoms with E-state index in [4.69, 9.17) is 4.74 Å². The average molecular weight is 287 g/mol. The Bertz CT molecular complexity index is 579. The van der Waals surface area contributed by atoms with E-state index in [1.807, 2.05) is 31.2 Å². The van der Waals surface area contributed by atoms with Crippen LogP contribution in [0.2, 0.25) is 0 Å². The first kappa shape index (κ1) is 15.0. The summed E-state index contributed by atoms with van der Waals surface area (Å²) in [5, 5.41) is 2.77. The number of halogens is 1. The van der Waals surface area contributed by atoms with Crippen LogP contribution in [-0.2, 0) is 11.3 Å². The molecule has 0 fully saturated rings. The van der Waals surface area contributed by atoms with Gasteiger partial charge in [0.15, 0.2) is 0 Å². The number of aryl methyl sites for hydroxylation is 1. The predicted molar refractivity (Wildman–Crippen MR) is 79.5 cm³/mol. The van der Waals surface area contributed by atoms with Crippen LogP contribution in [0.25, 0.3) is 0 Å². The Kier molecular flexibility index (Phi) is 5.32. The van der Waals surface area contributed by atoms with Gasteiger partial charge in [-0.3, -0.25) is 4.79 Å². The summed E-state index contributed by atoms with van der Waals surface area (Å²) in [4.78, 5) is 11.7. The van der Waals surface area contributed by atoms with Gasteiger partial charge in [-0.05, 0) is 36.8 Å². The van der Waals surface area contributed by atoms with Crippen molar-refractivity contribution in [1.82, 2.24) is 5.32 Å². The second kappa shape index (κ2) is 7.43. The van der Waals surface area contributed by atoms with Crippen molar-refractivity contribution < 1.29 is 13.9 Å². The van der Waals surface area contributed by atoms with Gasteiger partial charge in [0.25, 0.3) is 0 Å². The zero-order valence-corrected chi connectivity index (χ0v) is 11.9. The van der Waals surface area contributed by atoms with Gasteiger partial charge < -0.3 is 10.1 Å². The molecule has 0 atom stereocenters. The number of rotatable bonds is 6. The fourth-order valence-electron chi connectivity index (χ4n) is 1.79. The highest BCUT2D eigenvalue weighted by atomic mass is 19.1. The number of carbonyl (C=O) groups is 1. The molecule has 0 aliphatic carbocycles. The van der Waals surface area contributed by atoms with E-state index in [-0.39, 0.29) is 18.1 Å². The van der Waals surface area contributed by atoms with Crippen molar-refractivity contribution in [3.8, 4) is 5.75 Å². The Labute approximate surface area is 123 Å². The number of ether oxygens (including phenoxy) is 1. The lowest BCUT2D eigenvalue weighted by Gasteiger charge is -2.07.